The van der Waals surface area contributed by atoms with Gasteiger partial charge < -0.3 is 15.5 Å². The molecule has 3 fully saturated rings. The maximum Gasteiger partial charge on any atom is 0.403 e. The van der Waals surface area contributed by atoms with E-state index in [0.29, 0.717) is 19.3 Å². The molecule has 23 heavy (non-hydrogen) atoms. The lowest BCUT2D eigenvalue weighted by molar-refractivity contribution is -0.225. The van der Waals surface area contributed by atoms with Crippen LogP contribution >= 0.6 is 0 Å². The number of alkyl halides is 3. The van der Waals surface area contributed by atoms with Gasteiger partial charge in [-0.25, -0.2) is 4.79 Å². The van der Waals surface area contributed by atoms with Gasteiger partial charge in [-0.2, -0.15) is 13.2 Å². The SMILES string of the molecule is O=C(NC1CC1)NC1CCN(C(=O)C2(C(F)(F)F)CCCC2)C1. The van der Waals surface area contributed by atoms with E-state index in [2.05, 4.69) is 10.6 Å². The molecule has 3 rings (SSSR count). The van der Waals surface area contributed by atoms with Gasteiger partial charge in [0, 0.05) is 25.2 Å². The van der Waals surface area contributed by atoms with Gasteiger partial charge in [-0.3, -0.25) is 4.79 Å². The minimum Gasteiger partial charge on any atom is -0.340 e. The summed E-state index contributed by atoms with van der Waals surface area (Å²) in [5.41, 5.74) is -2.21. The van der Waals surface area contributed by atoms with Crippen molar-refractivity contribution in [2.24, 2.45) is 5.41 Å². The largest absolute Gasteiger partial charge is 0.403 e. The van der Waals surface area contributed by atoms with E-state index in [-0.39, 0.29) is 44.0 Å². The predicted octanol–water partition coefficient (Wildman–Crippen LogP) is 2.17. The van der Waals surface area contributed by atoms with Crippen LogP contribution in [0.5, 0.6) is 0 Å². The summed E-state index contributed by atoms with van der Waals surface area (Å²) in [6.07, 6.45) is -1.44. The topological polar surface area (TPSA) is 61.4 Å². The lowest BCUT2D eigenvalue weighted by Gasteiger charge is -2.34. The van der Waals surface area contributed by atoms with Crippen molar-refractivity contribution in [3.63, 3.8) is 0 Å². The molecule has 0 aromatic rings. The highest BCUT2D eigenvalue weighted by Crippen LogP contribution is 2.51. The lowest BCUT2D eigenvalue weighted by atomic mass is 9.83. The fourth-order valence-electron chi connectivity index (χ4n) is 3.60. The fourth-order valence-corrected chi connectivity index (χ4v) is 3.60. The summed E-state index contributed by atoms with van der Waals surface area (Å²) < 4.78 is 40.4. The highest BCUT2D eigenvalue weighted by Gasteiger charge is 2.62. The first-order chi connectivity index (χ1) is 10.8. The Morgan fingerprint density at radius 1 is 1.00 bits per heavy atom. The van der Waals surface area contributed by atoms with Gasteiger partial charge in [-0.05, 0) is 32.1 Å². The first kappa shape index (κ1) is 16.4. The van der Waals surface area contributed by atoms with Crippen molar-refractivity contribution in [2.75, 3.05) is 13.1 Å². The molecule has 2 N–H and O–H groups in total. The summed E-state index contributed by atoms with van der Waals surface area (Å²) in [7, 11) is 0. The Bertz CT molecular complexity index is 485. The number of urea groups is 1. The fraction of sp³-hybridized carbons (Fsp3) is 0.867. The predicted molar refractivity (Wildman–Crippen MR) is 76.6 cm³/mol. The van der Waals surface area contributed by atoms with Crippen LogP contribution in [0.4, 0.5) is 18.0 Å². The average Bonchev–Trinajstić information content (AvgIpc) is 2.97. The Hall–Kier alpha value is -1.47. The molecule has 1 unspecified atom stereocenters. The Kier molecular flexibility index (Phi) is 4.18. The van der Waals surface area contributed by atoms with Crippen LogP contribution in [-0.2, 0) is 4.79 Å². The lowest BCUT2D eigenvalue weighted by Crippen LogP contribution is -2.51. The molecule has 0 bridgehead atoms. The molecular weight excluding hydrogens is 311 g/mol. The van der Waals surface area contributed by atoms with Gasteiger partial charge in [-0.15, -0.1) is 0 Å². The van der Waals surface area contributed by atoms with Crippen molar-refractivity contribution in [1.82, 2.24) is 15.5 Å². The first-order valence-electron chi connectivity index (χ1n) is 8.25. The number of rotatable bonds is 3. The number of amides is 3. The summed E-state index contributed by atoms with van der Waals surface area (Å²) in [6.45, 7) is 0.430. The number of carbonyl (C=O) groups is 2. The Labute approximate surface area is 133 Å². The number of nitrogens with zero attached hydrogens (tertiary/aromatic N) is 1. The Balaban J connectivity index is 1.59. The molecule has 1 aliphatic heterocycles. The molecule has 1 atom stereocenters. The summed E-state index contributed by atoms with van der Waals surface area (Å²) in [4.78, 5) is 25.5. The highest BCUT2D eigenvalue weighted by molar-refractivity contribution is 5.84. The van der Waals surface area contributed by atoms with E-state index in [4.69, 9.17) is 0 Å². The van der Waals surface area contributed by atoms with E-state index in [1.807, 2.05) is 0 Å². The van der Waals surface area contributed by atoms with Crippen LogP contribution in [0.25, 0.3) is 0 Å². The van der Waals surface area contributed by atoms with Gasteiger partial charge in [0.25, 0.3) is 0 Å². The Morgan fingerprint density at radius 3 is 2.17 bits per heavy atom. The minimum absolute atomic E-state index is 0.119. The summed E-state index contributed by atoms with van der Waals surface area (Å²) in [6, 6.07) is -0.344. The number of hydrogen-bond donors (Lipinski definition) is 2. The van der Waals surface area contributed by atoms with Crippen LogP contribution in [0.1, 0.15) is 44.9 Å². The Morgan fingerprint density at radius 2 is 1.61 bits per heavy atom. The van der Waals surface area contributed by atoms with Gasteiger partial charge in [0.15, 0.2) is 0 Å². The van der Waals surface area contributed by atoms with Gasteiger partial charge in [-0.1, -0.05) is 12.8 Å². The third kappa shape index (κ3) is 3.26. The summed E-state index contributed by atoms with van der Waals surface area (Å²) in [5.74, 6) is -0.811. The number of carbonyl (C=O) groups excluding carboxylic acids is 2. The molecule has 2 saturated carbocycles. The molecule has 8 heteroatoms. The van der Waals surface area contributed by atoms with Crippen LogP contribution < -0.4 is 10.6 Å². The monoisotopic (exact) mass is 333 g/mol. The molecule has 0 aromatic carbocycles. The standard InChI is InChI=1S/C15H22F3N3O2/c16-15(17,18)14(6-1-2-7-14)12(22)21-8-5-11(9-21)20-13(23)19-10-3-4-10/h10-11H,1-9H2,(H2,19,20,23). The number of likely N-dealkylation sites (tertiary alicyclic amines) is 1. The molecule has 3 amide bonds. The molecule has 0 aromatic heterocycles. The van der Waals surface area contributed by atoms with E-state index < -0.39 is 17.5 Å². The molecule has 2 aliphatic carbocycles. The maximum atomic E-state index is 13.5. The smallest absolute Gasteiger partial charge is 0.340 e. The molecular formula is C15H22F3N3O2. The van der Waals surface area contributed by atoms with Crippen molar-refractivity contribution < 1.29 is 22.8 Å². The zero-order valence-electron chi connectivity index (χ0n) is 12.9. The highest BCUT2D eigenvalue weighted by atomic mass is 19.4. The van der Waals surface area contributed by atoms with Crippen LogP contribution in [0.15, 0.2) is 0 Å². The van der Waals surface area contributed by atoms with Crippen LogP contribution in [0.2, 0.25) is 0 Å². The zero-order valence-corrected chi connectivity index (χ0v) is 12.9. The van der Waals surface area contributed by atoms with Crippen molar-refractivity contribution in [1.29, 1.82) is 0 Å². The number of hydrogen-bond acceptors (Lipinski definition) is 2. The van der Waals surface area contributed by atoms with Crippen LogP contribution in [0.3, 0.4) is 0 Å². The maximum absolute atomic E-state index is 13.5. The van der Waals surface area contributed by atoms with E-state index in [1.54, 1.807) is 0 Å². The van der Waals surface area contributed by atoms with Gasteiger partial charge in [0.1, 0.15) is 5.41 Å². The summed E-state index contributed by atoms with van der Waals surface area (Å²) >= 11 is 0. The third-order valence-corrected chi connectivity index (χ3v) is 5.13. The minimum atomic E-state index is -4.50. The second-order valence-electron chi connectivity index (χ2n) is 6.92. The van der Waals surface area contributed by atoms with Crippen molar-refractivity contribution in [2.45, 2.75) is 63.2 Å². The molecule has 0 spiro atoms. The van der Waals surface area contributed by atoms with E-state index >= 15 is 0 Å². The van der Waals surface area contributed by atoms with Gasteiger partial charge in [0.05, 0.1) is 0 Å². The molecule has 1 heterocycles. The molecule has 3 aliphatic rings. The number of halogens is 3. The molecule has 130 valence electrons. The third-order valence-electron chi connectivity index (χ3n) is 5.13. The summed E-state index contributed by atoms with van der Waals surface area (Å²) in [5, 5.41) is 5.53. The number of nitrogens with one attached hydrogen (secondary N) is 2. The molecule has 5 nitrogen and oxygen atoms in total. The normalized spacial score (nSPS) is 27.1. The van der Waals surface area contributed by atoms with E-state index in [1.165, 1.54) is 4.90 Å². The van der Waals surface area contributed by atoms with E-state index in [9.17, 15) is 22.8 Å². The van der Waals surface area contributed by atoms with Crippen molar-refractivity contribution in [3.05, 3.63) is 0 Å². The average molecular weight is 333 g/mol. The van der Waals surface area contributed by atoms with Crippen molar-refractivity contribution >= 4 is 11.9 Å². The van der Waals surface area contributed by atoms with Crippen LogP contribution in [-0.4, -0.2) is 48.2 Å². The van der Waals surface area contributed by atoms with Gasteiger partial charge in [0.2, 0.25) is 5.91 Å². The quantitative estimate of drug-likeness (QED) is 0.831. The second kappa shape index (κ2) is 5.87. The molecule has 1 saturated heterocycles. The van der Waals surface area contributed by atoms with Crippen LogP contribution in [0, 0.1) is 5.41 Å². The van der Waals surface area contributed by atoms with E-state index in [0.717, 1.165) is 12.8 Å². The first-order valence-corrected chi connectivity index (χ1v) is 8.25. The van der Waals surface area contributed by atoms with Crippen molar-refractivity contribution in [3.8, 4) is 0 Å². The van der Waals surface area contributed by atoms with Gasteiger partial charge >= 0.3 is 12.2 Å². The zero-order chi connectivity index (χ0) is 16.7. The second-order valence-corrected chi connectivity index (χ2v) is 6.92. The molecule has 0 radical (unpaired) electrons.